The molecule has 1 unspecified atom stereocenters. The van der Waals surface area contributed by atoms with E-state index in [4.69, 9.17) is 5.73 Å². The van der Waals surface area contributed by atoms with Gasteiger partial charge in [0.25, 0.3) is 0 Å². The van der Waals surface area contributed by atoms with Crippen LogP contribution in [0.15, 0.2) is 6.07 Å². The molecule has 1 atom stereocenters. The van der Waals surface area contributed by atoms with Gasteiger partial charge in [0.2, 0.25) is 5.95 Å². The molecule has 5 heteroatoms. The third-order valence-corrected chi connectivity index (χ3v) is 3.10. The number of thioether (sulfide) groups is 1. The number of nitrogens with zero attached hydrogens (tertiary/aromatic N) is 3. The summed E-state index contributed by atoms with van der Waals surface area (Å²) in [5.74, 6) is 2.30. The second kappa shape index (κ2) is 5.21. The van der Waals surface area contributed by atoms with Crippen molar-refractivity contribution in [2.45, 2.75) is 19.9 Å². The van der Waals surface area contributed by atoms with E-state index in [1.54, 1.807) is 0 Å². The number of hydrogen-bond donors (Lipinski definition) is 1. The van der Waals surface area contributed by atoms with E-state index in [0.717, 1.165) is 17.3 Å². The number of nitrogens with two attached hydrogens (primary N) is 1. The van der Waals surface area contributed by atoms with Crippen molar-refractivity contribution < 1.29 is 0 Å². The third kappa shape index (κ3) is 3.27. The van der Waals surface area contributed by atoms with Crippen molar-refractivity contribution in [2.24, 2.45) is 0 Å². The van der Waals surface area contributed by atoms with Crippen LogP contribution < -0.4 is 10.6 Å². The molecule has 0 fully saturated rings. The SMILES string of the molecule is CSCC(C)N(C)c1cc(C)nc(N)n1. The maximum absolute atomic E-state index is 5.62. The van der Waals surface area contributed by atoms with Crippen LogP contribution in [-0.4, -0.2) is 35.1 Å². The fourth-order valence-corrected chi connectivity index (χ4v) is 2.04. The molecule has 0 saturated heterocycles. The highest BCUT2D eigenvalue weighted by atomic mass is 32.2. The van der Waals surface area contributed by atoms with Gasteiger partial charge in [-0.05, 0) is 20.1 Å². The minimum atomic E-state index is 0.341. The van der Waals surface area contributed by atoms with Crippen LogP contribution in [0.2, 0.25) is 0 Å². The van der Waals surface area contributed by atoms with E-state index in [1.807, 2.05) is 31.8 Å². The van der Waals surface area contributed by atoms with Gasteiger partial charge in [-0.15, -0.1) is 0 Å². The molecule has 0 bridgehead atoms. The van der Waals surface area contributed by atoms with Crippen LogP contribution >= 0.6 is 11.8 Å². The summed E-state index contributed by atoms with van der Waals surface area (Å²) in [7, 11) is 2.03. The summed E-state index contributed by atoms with van der Waals surface area (Å²) in [6.45, 7) is 4.10. The van der Waals surface area contributed by atoms with Crippen molar-refractivity contribution >= 4 is 23.5 Å². The van der Waals surface area contributed by atoms with Crippen LogP contribution in [0, 0.1) is 6.92 Å². The Hall–Kier alpha value is -0.970. The van der Waals surface area contributed by atoms with E-state index in [0.29, 0.717) is 12.0 Å². The van der Waals surface area contributed by atoms with E-state index < -0.39 is 0 Å². The largest absolute Gasteiger partial charge is 0.368 e. The molecule has 4 nitrogen and oxygen atoms in total. The summed E-state index contributed by atoms with van der Waals surface area (Å²) in [6.07, 6.45) is 2.10. The van der Waals surface area contributed by atoms with Gasteiger partial charge in [-0.1, -0.05) is 0 Å². The molecule has 84 valence electrons. The zero-order valence-corrected chi connectivity index (χ0v) is 10.5. The molecule has 1 rings (SSSR count). The van der Waals surface area contributed by atoms with Crippen molar-refractivity contribution in [1.82, 2.24) is 9.97 Å². The van der Waals surface area contributed by atoms with Gasteiger partial charge < -0.3 is 10.6 Å². The molecule has 0 spiro atoms. The number of anilines is 2. The standard InChI is InChI=1S/C10H18N4S/c1-7-5-9(13-10(11)12-7)14(3)8(2)6-15-4/h5,8H,6H2,1-4H3,(H2,11,12,13). The fraction of sp³-hybridized carbons (Fsp3) is 0.600. The highest BCUT2D eigenvalue weighted by molar-refractivity contribution is 7.98. The van der Waals surface area contributed by atoms with Crippen molar-refractivity contribution in [3.05, 3.63) is 11.8 Å². The molecule has 1 heterocycles. The van der Waals surface area contributed by atoms with E-state index in [2.05, 4.69) is 28.0 Å². The van der Waals surface area contributed by atoms with E-state index in [9.17, 15) is 0 Å². The molecule has 0 amide bonds. The molecule has 0 aliphatic heterocycles. The Morgan fingerprint density at radius 3 is 2.73 bits per heavy atom. The van der Waals surface area contributed by atoms with Crippen LogP contribution in [0.1, 0.15) is 12.6 Å². The maximum atomic E-state index is 5.62. The molecule has 1 aromatic heterocycles. The Balaban J connectivity index is 2.85. The second-order valence-electron chi connectivity index (χ2n) is 3.64. The maximum Gasteiger partial charge on any atom is 0.222 e. The van der Waals surface area contributed by atoms with Crippen LogP contribution in [-0.2, 0) is 0 Å². The van der Waals surface area contributed by atoms with Crippen LogP contribution in [0.25, 0.3) is 0 Å². The monoisotopic (exact) mass is 226 g/mol. The minimum absolute atomic E-state index is 0.341. The average Bonchev–Trinajstić information content (AvgIpc) is 2.15. The van der Waals surface area contributed by atoms with Crippen molar-refractivity contribution in [1.29, 1.82) is 0 Å². The van der Waals surface area contributed by atoms with Gasteiger partial charge in [-0.2, -0.15) is 16.7 Å². The van der Waals surface area contributed by atoms with Gasteiger partial charge in [0, 0.05) is 30.6 Å². The topological polar surface area (TPSA) is 55.0 Å². The Morgan fingerprint density at radius 2 is 2.20 bits per heavy atom. The molecule has 0 aliphatic carbocycles. The predicted octanol–water partition coefficient (Wildman–Crippen LogP) is 1.55. The molecule has 0 saturated carbocycles. The Labute approximate surface area is 95.3 Å². The first kappa shape index (κ1) is 12.1. The van der Waals surface area contributed by atoms with Gasteiger partial charge >= 0.3 is 0 Å². The number of aromatic nitrogens is 2. The van der Waals surface area contributed by atoms with E-state index in [1.165, 1.54) is 0 Å². The van der Waals surface area contributed by atoms with Gasteiger partial charge in [0.1, 0.15) is 5.82 Å². The molecular formula is C10H18N4S. The van der Waals surface area contributed by atoms with Crippen molar-refractivity contribution in [3.63, 3.8) is 0 Å². The van der Waals surface area contributed by atoms with E-state index >= 15 is 0 Å². The molecule has 15 heavy (non-hydrogen) atoms. The smallest absolute Gasteiger partial charge is 0.222 e. The predicted molar refractivity (Wildman–Crippen MR) is 67.4 cm³/mol. The first-order valence-corrected chi connectivity index (χ1v) is 6.27. The average molecular weight is 226 g/mol. The zero-order chi connectivity index (χ0) is 11.4. The normalized spacial score (nSPS) is 12.5. The quantitative estimate of drug-likeness (QED) is 0.844. The lowest BCUT2D eigenvalue weighted by atomic mass is 10.3. The Morgan fingerprint density at radius 1 is 1.53 bits per heavy atom. The van der Waals surface area contributed by atoms with Crippen LogP contribution in [0.4, 0.5) is 11.8 Å². The van der Waals surface area contributed by atoms with E-state index in [-0.39, 0.29) is 0 Å². The molecule has 1 aromatic rings. The third-order valence-electron chi connectivity index (χ3n) is 2.29. The van der Waals surface area contributed by atoms with Gasteiger partial charge in [0.05, 0.1) is 0 Å². The molecular weight excluding hydrogens is 208 g/mol. The Kier molecular flexibility index (Phi) is 4.20. The zero-order valence-electron chi connectivity index (χ0n) is 9.69. The van der Waals surface area contributed by atoms with Gasteiger partial charge in [-0.3, -0.25) is 0 Å². The molecule has 0 radical (unpaired) electrons. The summed E-state index contributed by atoms with van der Waals surface area (Å²) >= 11 is 1.82. The lowest BCUT2D eigenvalue weighted by Gasteiger charge is -2.25. The molecule has 0 aromatic carbocycles. The lowest BCUT2D eigenvalue weighted by Crippen LogP contribution is -2.31. The summed E-state index contributed by atoms with van der Waals surface area (Å²) in [6, 6.07) is 2.39. The van der Waals surface area contributed by atoms with Gasteiger partial charge in [-0.25, -0.2) is 4.98 Å². The number of nitrogen functional groups attached to an aromatic ring is 1. The molecule has 0 aliphatic rings. The fourth-order valence-electron chi connectivity index (χ4n) is 1.33. The van der Waals surface area contributed by atoms with Crippen LogP contribution in [0.5, 0.6) is 0 Å². The summed E-state index contributed by atoms with van der Waals surface area (Å²) in [5.41, 5.74) is 6.52. The number of hydrogen-bond acceptors (Lipinski definition) is 5. The minimum Gasteiger partial charge on any atom is -0.368 e. The summed E-state index contributed by atoms with van der Waals surface area (Å²) in [5, 5.41) is 0. The lowest BCUT2D eigenvalue weighted by molar-refractivity contribution is 0.751. The van der Waals surface area contributed by atoms with Crippen molar-refractivity contribution in [2.75, 3.05) is 29.7 Å². The van der Waals surface area contributed by atoms with Crippen LogP contribution in [0.3, 0.4) is 0 Å². The van der Waals surface area contributed by atoms with Crippen molar-refractivity contribution in [3.8, 4) is 0 Å². The first-order chi connectivity index (χ1) is 7.04. The first-order valence-electron chi connectivity index (χ1n) is 4.87. The second-order valence-corrected chi connectivity index (χ2v) is 4.55. The molecule has 2 N–H and O–H groups in total. The number of rotatable bonds is 4. The summed E-state index contributed by atoms with van der Waals surface area (Å²) in [4.78, 5) is 10.4. The highest BCUT2D eigenvalue weighted by Crippen LogP contribution is 2.15. The Bertz CT molecular complexity index is 309. The number of aryl methyl sites for hydroxylation is 1. The highest BCUT2D eigenvalue weighted by Gasteiger charge is 2.11. The van der Waals surface area contributed by atoms with Gasteiger partial charge in [0.15, 0.2) is 0 Å². The summed E-state index contributed by atoms with van der Waals surface area (Å²) < 4.78 is 0.